The molecule has 0 aliphatic carbocycles. The fraction of sp³-hybridized carbons (Fsp3) is 0.600. The van der Waals surface area contributed by atoms with Crippen LogP contribution >= 0.6 is 0 Å². The van der Waals surface area contributed by atoms with E-state index in [9.17, 15) is 9.59 Å². The first kappa shape index (κ1) is 20.1. The Morgan fingerprint density at radius 1 is 1.19 bits per heavy atom. The molecule has 0 aromatic heterocycles. The Balaban J connectivity index is 2.18. The van der Waals surface area contributed by atoms with Crippen molar-refractivity contribution in [1.29, 1.82) is 0 Å². The summed E-state index contributed by atoms with van der Waals surface area (Å²) < 4.78 is 10.1. The van der Waals surface area contributed by atoms with Crippen LogP contribution in [0.4, 0.5) is 10.5 Å². The third-order valence-electron chi connectivity index (χ3n) is 4.28. The highest BCUT2D eigenvalue weighted by Crippen LogP contribution is 2.26. The molecule has 0 radical (unpaired) electrons. The zero-order chi connectivity index (χ0) is 19.2. The van der Waals surface area contributed by atoms with E-state index < -0.39 is 17.7 Å². The van der Waals surface area contributed by atoms with Crippen molar-refractivity contribution >= 4 is 17.7 Å². The van der Waals surface area contributed by atoms with Crippen LogP contribution in [0, 0.1) is 0 Å². The van der Waals surface area contributed by atoms with Crippen molar-refractivity contribution in [1.82, 2.24) is 5.32 Å². The molecule has 0 spiro atoms. The number of hydrogen-bond acceptors (Lipinski definition) is 5. The van der Waals surface area contributed by atoms with Gasteiger partial charge in [0, 0.05) is 18.8 Å². The van der Waals surface area contributed by atoms with Gasteiger partial charge in [0.25, 0.3) is 0 Å². The fourth-order valence-corrected chi connectivity index (χ4v) is 3.04. The lowest BCUT2D eigenvalue weighted by Crippen LogP contribution is -2.36. The highest BCUT2D eigenvalue weighted by molar-refractivity contribution is 5.73. The number of anilines is 1. The third kappa shape index (κ3) is 6.24. The number of piperidine rings is 1. The second-order valence-corrected chi connectivity index (χ2v) is 7.62. The number of methoxy groups -OCH3 is 1. The maximum atomic E-state index is 12.2. The van der Waals surface area contributed by atoms with Crippen LogP contribution in [0.2, 0.25) is 0 Å². The molecule has 1 aliphatic heterocycles. The van der Waals surface area contributed by atoms with Crippen molar-refractivity contribution < 1.29 is 19.1 Å². The van der Waals surface area contributed by atoms with Crippen LogP contribution in [0.25, 0.3) is 0 Å². The zero-order valence-corrected chi connectivity index (χ0v) is 16.2. The van der Waals surface area contributed by atoms with Gasteiger partial charge in [-0.15, -0.1) is 0 Å². The summed E-state index contributed by atoms with van der Waals surface area (Å²) >= 11 is 0. The van der Waals surface area contributed by atoms with Crippen LogP contribution in [0.5, 0.6) is 0 Å². The van der Waals surface area contributed by atoms with E-state index in [2.05, 4.69) is 16.3 Å². The molecule has 6 heteroatoms. The second-order valence-electron chi connectivity index (χ2n) is 7.62. The lowest BCUT2D eigenvalue weighted by molar-refractivity contribution is -0.141. The standard InChI is InChI=1S/C20H30N2O4/c1-20(2,3)26-19(24)21-17(14-18(23)25-4)15-9-8-10-16(13-15)22-11-6-5-7-12-22/h8-10,13,17H,5-7,11-12,14H2,1-4H3,(H,21,24)/t17-/m0/s1. The minimum atomic E-state index is -0.602. The van der Waals surface area contributed by atoms with Crippen LogP contribution in [0.1, 0.15) is 58.1 Å². The van der Waals surface area contributed by atoms with E-state index in [1.807, 2.05) is 18.2 Å². The molecule has 1 aromatic rings. The largest absolute Gasteiger partial charge is 0.469 e. The number of alkyl carbamates (subject to hydrolysis) is 1. The fourth-order valence-electron chi connectivity index (χ4n) is 3.04. The number of nitrogens with zero attached hydrogens (tertiary/aromatic N) is 1. The molecule has 144 valence electrons. The Hall–Kier alpha value is -2.24. The number of nitrogens with one attached hydrogen (secondary N) is 1. The molecule has 1 atom stereocenters. The number of ether oxygens (including phenoxy) is 2. The summed E-state index contributed by atoms with van der Waals surface area (Å²) in [5, 5.41) is 2.80. The molecule has 1 aliphatic rings. The molecule has 0 saturated carbocycles. The van der Waals surface area contributed by atoms with Gasteiger partial charge in [-0.05, 0) is 57.7 Å². The monoisotopic (exact) mass is 362 g/mol. The van der Waals surface area contributed by atoms with E-state index in [4.69, 9.17) is 9.47 Å². The molecule has 1 N–H and O–H groups in total. The van der Waals surface area contributed by atoms with Crippen LogP contribution in [0.15, 0.2) is 24.3 Å². The van der Waals surface area contributed by atoms with Gasteiger partial charge in [0.05, 0.1) is 19.6 Å². The van der Waals surface area contributed by atoms with E-state index in [-0.39, 0.29) is 12.4 Å². The molecule has 1 aromatic carbocycles. The van der Waals surface area contributed by atoms with E-state index in [1.54, 1.807) is 20.8 Å². The van der Waals surface area contributed by atoms with Gasteiger partial charge >= 0.3 is 12.1 Å². The van der Waals surface area contributed by atoms with E-state index >= 15 is 0 Å². The topological polar surface area (TPSA) is 67.9 Å². The van der Waals surface area contributed by atoms with Crippen molar-refractivity contribution in [2.45, 2.75) is 58.1 Å². The molecule has 26 heavy (non-hydrogen) atoms. The normalized spacial score (nSPS) is 15.9. The first-order valence-corrected chi connectivity index (χ1v) is 9.20. The molecule has 6 nitrogen and oxygen atoms in total. The van der Waals surface area contributed by atoms with Crippen LogP contribution < -0.4 is 10.2 Å². The summed E-state index contributed by atoms with van der Waals surface area (Å²) in [4.78, 5) is 26.4. The minimum absolute atomic E-state index is 0.0548. The third-order valence-corrected chi connectivity index (χ3v) is 4.28. The summed E-state index contributed by atoms with van der Waals surface area (Å²) in [5.41, 5.74) is 1.38. The summed E-state index contributed by atoms with van der Waals surface area (Å²) in [6, 6.07) is 7.48. The van der Waals surface area contributed by atoms with Crippen LogP contribution in [0.3, 0.4) is 0 Å². The summed E-state index contributed by atoms with van der Waals surface area (Å²) in [6.07, 6.45) is 3.15. The molecule has 0 bridgehead atoms. The Kier molecular flexibility index (Phi) is 6.89. The van der Waals surface area contributed by atoms with Crippen molar-refractivity contribution in [2.24, 2.45) is 0 Å². The number of hydrogen-bond donors (Lipinski definition) is 1. The maximum absolute atomic E-state index is 12.2. The number of benzene rings is 1. The molecule has 2 rings (SSSR count). The predicted octanol–water partition coefficient (Wildman–Crippen LogP) is 3.81. The minimum Gasteiger partial charge on any atom is -0.469 e. The van der Waals surface area contributed by atoms with Gasteiger partial charge in [-0.25, -0.2) is 4.79 Å². The van der Waals surface area contributed by atoms with Crippen LogP contribution in [-0.4, -0.2) is 37.9 Å². The zero-order valence-electron chi connectivity index (χ0n) is 16.2. The smallest absolute Gasteiger partial charge is 0.408 e. The second kappa shape index (κ2) is 8.92. The van der Waals surface area contributed by atoms with Gasteiger partial charge in [-0.2, -0.15) is 0 Å². The van der Waals surface area contributed by atoms with Crippen LogP contribution in [-0.2, 0) is 14.3 Å². The van der Waals surface area contributed by atoms with Gasteiger partial charge in [-0.3, -0.25) is 4.79 Å². The molecular weight excluding hydrogens is 332 g/mol. The van der Waals surface area contributed by atoms with Crippen molar-refractivity contribution in [3.8, 4) is 0 Å². The molecular formula is C20H30N2O4. The lowest BCUT2D eigenvalue weighted by atomic mass is 10.0. The predicted molar refractivity (Wildman–Crippen MR) is 101 cm³/mol. The van der Waals surface area contributed by atoms with Crippen molar-refractivity contribution in [3.63, 3.8) is 0 Å². The maximum Gasteiger partial charge on any atom is 0.408 e. The summed E-state index contributed by atoms with van der Waals surface area (Å²) in [7, 11) is 1.34. The van der Waals surface area contributed by atoms with Crippen molar-refractivity contribution in [2.75, 3.05) is 25.1 Å². The van der Waals surface area contributed by atoms with Gasteiger partial charge in [-0.1, -0.05) is 12.1 Å². The van der Waals surface area contributed by atoms with E-state index in [0.717, 1.165) is 24.3 Å². The quantitative estimate of drug-likeness (QED) is 0.807. The first-order chi connectivity index (χ1) is 12.3. The average molecular weight is 362 g/mol. The summed E-state index contributed by atoms with van der Waals surface area (Å²) in [6.45, 7) is 7.48. The number of carbonyl (C=O) groups is 2. The highest BCUT2D eigenvalue weighted by atomic mass is 16.6. The summed E-state index contributed by atoms with van der Waals surface area (Å²) in [5.74, 6) is -0.380. The van der Waals surface area contributed by atoms with Crippen molar-refractivity contribution in [3.05, 3.63) is 29.8 Å². The number of rotatable bonds is 5. The van der Waals surface area contributed by atoms with Gasteiger partial charge in [0.2, 0.25) is 0 Å². The number of esters is 1. The average Bonchev–Trinajstić information content (AvgIpc) is 2.60. The van der Waals surface area contributed by atoms with E-state index in [1.165, 1.54) is 26.4 Å². The Bertz CT molecular complexity index is 618. The van der Waals surface area contributed by atoms with E-state index in [0.29, 0.717) is 0 Å². The Morgan fingerprint density at radius 2 is 1.88 bits per heavy atom. The molecule has 0 unspecified atom stereocenters. The first-order valence-electron chi connectivity index (χ1n) is 9.20. The number of carbonyl (C=O) groups excluding carboxylic acids is 2. The van der Waals surface area contributed by atoms with Gasteiger partial charge in [0.1, 0.15) is 5.60 Å². The molecule has 1 saturated heterocycles. The Labute approximate surface area is 155 Å². The number of amides is 1. The molecule has 1 amide bonds. The Morgan fingerprint density at radius 3 is 2.50 bits per heavy atom. The van der Waals surface area contributed by atoms with Gasteiger partial charge < -0.3 is 19.7 Å². The lowest BCUT2D eigenvalue weighted by Gasteiger charge is -2.30. The molecule has 1 heterocycles. The highest BCUT2D eigenvalue weighted by Gasteiger charge is 2.23. The SMILES string of the molecule is COC(=O)C[C@H](NC(=O)OC(C)(C)C)c1cccc(N2CCCCC2)c1. The van der Waals surface area contributed by atoms with Gasteiger partial charge in [0.15, 0.2) is 0 Å². The molecule has 1 fully saturated rings.